The molecule has 0 amide bonds. The van der Waals surface area contributed by atoms with Crippen molar-refractivity contribution >= 4 is 0 Å². The number of rotatable bonds is 6. The Morgan fingerprint density at radius 1 is 1.21 bits per heavy atom. The Kier molecular flexibility index (Phi) is 5.54. The Balaban J connectivity index is 2.06. The fraction of sp³-hybridized carbons (Fsp3) is 1.00. The predicted molar refractivity (Wildman–Crippen MR) is 63.2 cm³/mol. The second kappa shape index (κ2) is 6.44. The van der Waals surface area contributed by atoms with Gasteiger partial charge >= 0.3 is 0 Å². The van der Waals surface area contributed by atoms with Gasteiger partial charge in [-0.05, 0) is 31.1 Å². The average Bonchev–Trinajstić information content (AvgIpc) is 2.59. The summed E-state index contributed by atoms with van der Waals surface area (Å²) < 4.78 is 0. The SMILES string of the molecule is CCCCCCC(N)C1CCC(C)C1. The van der Waals surface area contributed by atoms with E-state index in [9.17, 15) is 0 Å². The Morgan fingerprint density at radius 2 is 2.00 bits per heavy atom. The predicted octanol–water partition coefficient (Wildman–Crippen LogP) is 3.72. The van der Waals surface area contributed by atoms with Crippen LogP contribution in [0.2, 0.25) is 0 Å². The van der Waals surface area contributed by atoms with Crippen LogP contribution in [0.3, 0.4) is 0 Å². The van der Waals surface area contributed by atoms with Gasteiger partial charge < -0.3 is 5.73 Å². The van der Waals surface area contributed by atoms with Gasteiger partial charge in [0.05, 0.1) is 0 Å². The summed E-state index contributed by atoms with van der Waals surface area (Å²) in [4.78, 5) is 0. The molecule has 3 atom stereocenters. The molecule has 3 unspecified atom stereocenters. The second-order valence-electron chi connectivity index (χ2n) is 5.19. The van der Waals surface area contributed by atoms with Crippen molar-refractivity contribution in [3.05, 3.63) is 0 Å². The molecular weight excluding hydrogens is 170 g/mol. The van der Waals surface area contributed by atoms with Crippen LogP contribution in [-0.2, 0) is 0 Å². The van der Waals surface area contributed by atoms with E-state index in [4.69, 9.17) is 5.73 Å². The van der Waals surface area contributed by atoms with Crippen molar-refractivity contribution in [2.75, 3.05) is 0 Å². The summed E-state index contributed by atoms with van der Waals surface area (Å²) in [5, 5.41) is 0. The summed E-state index contributed by atoms with van der Waals surface area (Å²) in [6.45, 7) is 4.63. The Bertz CT molecular complexity index is 144. The topological polar surface area (TPSA) is 26.0 Å². The van der Waals surface area contributed by atoms with E-state index in [2.05, 4.69) is 13.8 Å². The molecule has 1 aliphatic carbocycles. The van der Waals surface area contributed by atoms with Crippen LogP contribution < -0.4 is 5.73 Å². The van der Waals surface area contributed by atoms with Crippen LogP contribution in [0, 0.1) is 11.8 Å². The van der Waals surface area contributed by atoms with Crippen LogP contribution in [0.15, 0.2) is 0 Å². The number of hydrogen-bond acceptors (Lipinski definition) is 1. The first-order valence-electron chi connectivity index (χ1n) is 6.49. The molecule has 1 nitrogen and oxygen atoms in total. The lowest BCUT2D eigenvalue weighted by molar-refractivity contribution is 0.385. The molecule has 0 spiro atoms. The molecule has 2 N–H and O–H groups in total. The molecule has 0 heterocycles. The van der Waals surface area contributed by atoms with Crippen LogP contribution >= 0.6 is 0 Å². The third kappa shape index (κ3) is 4.00. The molecule has 1 rings (SSSR count). The van der Waals surface area contributed by atoms with Crippen molar-refractivity contribution in [3.8, 4) is 0 Å². The van der Waals surface area contributed by atoms with E-state index < -0.39 is 0 Å². The third-order valence-corrected chi connectivity index (χ3v) is 3.73. The van der Waals surface area contributed by atoms with E-state index in [1.165, 1.54) is 51.4 Å². The smallest absolute Gasteiger partial charge is 0.00672 e. The maximum Gasteiger partial charge on any atom is 0.00672 e. The molecular formula is C13H27N. The van der Waals surface area contributed by atoms with Crippen LogP contribution in [0.5, 0.6) is 0 Å². The molecule has 0 bridgehead atoms. The highest BCUT2D eigenvalue weighted by atomic mass is 14.7. The maximum absolute atomic E-state index is 6.22. The van der Waals surface area contributed by atoms with Crippen molar-refractivity contribution in [3.63, 3.8) is 0 Å². The van der Waals surface area contributed by atoms with Crippen molar-refractivity contribution in [1.82, 2.24) is 0 Å². The van der Waals surface area contributed by atoms with E-state index in [1.54, 1.807) is 0 Å². The second-order valence-corrected chi connectivity index (χ2v) is 5.19. The van der Waals surface area contributed by atoms with Gasteiger partial charge in [0.25, 0.3) is 0 Å². The molecule has 84 valence electrons. The summed E-state index contributed by atoms with van der Waals surface area (Å²) >= 11 is 0. The molecule has 1 heteroatoms. The van der Waals surface area contributed by atoms with E-state index in [1.807, 2.05) is 0 Å². The lowest BCUT2D eigenvalue weighted by atomic mass is 9.93. The Labute approximate surface area is 89.5 Å². The third-order valence-electron chi connectivity index (χ3n) is 3.73. The molecule has 1 aliphatic rings. The van der Waals surface area contributed by atoms with E-state index in [0.29, 0.717) is 6.04 Å². The van der Waals surface area contributed by atoms with Crippen LogP contribution in [0.25, 0.3) is 0 Å². The van der Waals surface area contributed by atoms with E-state index in [-0.39, 0.29) is 0 Å². The van der Waals surface area contributed by atoms with Crippen molar-refractivity contribution in [2.45, 2.75) is 71.3 Å². The lowest BCUT2D eigenvalue weighted by Crippen LogP contribution is -2.28. The van der Waals surface area contributed by atoms with Crippen LogP contribution in [-0.4, -0.2) is 6.04 Å². The summed E-state index contributed by atoms with van der Waals surface area (Å²) in [5.74, 6) is 1.77. The number of nitrogens with two attached hydrogens (primary N) is 1. The average molecular weight is 197 g/mol. The van der Waals surface area contributed by atoms with E-state index in [0.717, 1.165) is 11.8 Å². The maximum atomic E-state index is 6.22. The Morgan fingerprint density at radius 3 is 2.57 bits per heavy atom. The van der Waals surface area contributed by atoms with E-state index >= 15 is 0 Å². The molecule has 0 radical (unpaired) electrons. The highest BCUT2D eigenvalue weighted by Crippen LogP contribution is 2.33. The molecule has 0 aromatic rings. The molecule has 1 fully saturated rings. The van der Waals surface area contributed by atoms with Gasteiger partial charge in [-0.2, -0.15) is 0 Å². The minimum Gasteiger partial charge on any atom is -0.327 e. The monoisotopic (exact) mass is 197 g/mol. The fourth-order valence-electron chi connectivity index (χ4n) is 2.68. The van der Waals surface area contributed by atoms with Crippen LogP contribution in [0.1, 0.15) is 65.2 Å². The van der Waals surface area contributed by atoms with Gasteiger partial charge in [-0.1, -0.05) is 46.0 Å². The first-order valence-corrected chi connectivity index (χ1v) is 6.49. The molecule has 0 aromatic carbocycles. The normalized spacial score (nSPS) is 29.4. The number of hydrogen-bond donors (Lipinski definition) is 1. The summed E-state index contributed by atoms with van der Waals surface area (Å²) in [6, 6.07) is 0.497. The Hall–Kier alpha value is -0.0400. The fourth-order valence-corrected chi connectivity index (χ4v) is 2.68. The zero-order valence-electron chi connectivity index (χ0n) is 9.97. The van der Waals surface area contributed by atoms with Crippen molar-refractivity contribution in [1.29, 1.82) is 0 Å². The molecule has 1 saturated carbocycles. The summed E-state index contributed by atoms with van der Waals surface area (Å²) in [7, 11) is 0. The van der Waals surface area contributed by atoms with Gasteiger partial charge in [0.2, 0.25) is 0 Å². The molecule has 0 saturated heterocycles. The minimum atomic E-state index is 0.497. The summed E-state index contributed by atoms with van der Waals surface area (Å²) in [6.07, 6.45) is 10.9. The van der Waals surface area contributed by atoms with Gasteiger partial charge in [-0.3, -0.25) is 0 Å². The molecule has 0 aliphatic heterocycles. The zero-order chi connectivity index (χ0) is 10.4. The van der Waals surface area contributed by atoms with Gasteiger partial charge in [-0.15, -0.1) is 0 Å². The van der Waals surface area contributed by atoms with Gasteiger partial charge in [0, 0.05) is 6.04 Å². The highest BCUT2D eigenvalue weighted by Gasteiger charge is 2.25. The molecule has 14 heavy (non-hydrogen) atoms. The van der Waals surface area contributed by atoms with Gasteiger partial charge in [0.1, 0.15) is 0 Å². The first-order chi connectivity index (χ1) is 6.74. The quantitative estimate of drug-likeness (QED) is 0.645. The van der Waals surface area contributed by atoms with Gasteiger partial charge in [-0.25, -0.2) is 0 Å². The highest BCUT2D eigenvalue weighted by molar-refractivity contribution is 4.80. The molecule has 0 aromatic heterocycles. The van der Waals surface area contributed by atoms with Crippen molar-refractivity contribution in [2.24, 2.45) is 17.6 Å². The standard InChI is InChI=1S/C13H27N/c1-3-4-5-6-7-13(14)12-9-8-11(2)10-12/h11-13H,3-10,14H2,1-2H3. The largest absolute Gasteiger partial charge is 0.327 e. The number of unbranched alkanes of at least 4 members (excludes halogenated alkanes) is 3. The lowest BCUT2D eigenvalue weighted by Gasteiger charge is -2.18. The van der Waals surface area contributed by atoms with Gasteiger partial charge in [0.15, 0.2) is 0 Å². The zero-order valence-corrected chi connectivity index (χ0v) is 9.97. The van der Waals surface area contributed by atoms with Crippen LogP contribution in [0.4, 0.5) is 0 Å². The first kappa shape index (κ1) is 12.0. The summed E-state index contributed by atoms with van der Waals surface area (Å²) in [5.41, 5.74) is 6.22. The van der Waals surface area contributed by atoms with Crippen molar-refractivity contribution < 1.29 is 0 Å². The minimum absolute atomic E-state index is 0.497.